The number of carboxylic acids is 2. The Hall–Kier alpha value is -7.33. The molecule has 0 aromatic carbocycles. The zero-order chi connectivity index (χ0) is 52.5. The van der Waals surface area contributed by atoms with Crippen LogP contribution in [0.5, 0.6) is 0 Å². The number of hydrogen-bond donors (Lipinski definition) is 15. The number of aliphatic imine (C=N–C) groups is 2. The first kappa shape index (κ1) is 58.8. The molecule has 2 saturated heterocycles. The van der Waals surface area contributed by atoms with E-state index in [2.05, 4.69) is 52.5 Å². The minimum Gasteiger partial charge on any atom is -0.481 e. The number of likely N-dealkylation sites (tertiary alicyclic amines) is 1. The van der Waals surface area contributed by atoms with Gasteiger partial charge in [0.25, 0.3) is 0 Å². The van der Waals surface area contributed by atoms with E-state index in [9.17, 15) is 63.0 Å². The van der Waals surface area contributed by atoms with Crippen LogP contribution in [-0.2, 0) is 52.7 Å². The summed E-state index contributed by atoms with van der Waals surface area (Å²) >= 11 is 0. The first-order valence-electron chi connectivity index (χ1n) is 22.9. The summed E-state index contributed by atoms with van der Waals surface area (Å²) in [6, 6.07) is -8.42. The molecule has 0 aromatic rings. The summed E-state index contributed by atoms with van der Waals surface area (Å²) in [6.07, 6.45) is 0.836. The molecule has 0 spiro atoms. The molecule has 2 heterocycles. The van der Waals surface area contributed by atoms with Gasteiger partial charge >= 0.3 is 11.9 Å². The predicted octanol–water partition coefficient (Wildman–Crippen LogP) is -6.64. The number of rotatable bonds is 31. The number of nitrogens with two attached hydrogens (primary N) is 5. The summed E-state index contributed by atoms with van der Waals surface area (Å²) in [5.41, 5.74) is 26.6. The summed E-state index contributed by atoms with van der Waals surface area (Å²) in [6.45, 7) is 3.08. The van der Waals surface area contributed by atoms with Crippen LogP contribution in [0.25, 0.3) is 0 Å². The lowest BCUT2D eigenvalue weighted by atomic mass is 10.0. The van der Waals surface area contributed by atoms with Crippen molar-refractivity contribution in [2.24, 2.45) is 44.6 Å². The van der Waals surface area contributed by atoms with Crippen molar-refractivity contribution < 1.29 is 63.0 Å². The Kier molecular flexibility index (Phi) is 25.4. The van der Waals surface area contributed by atoms with Crippen LogP contribution in [0, 0.1) is 5.92 Å². The second-order valence-electron chi connectivity index (χ2n) is 17.2. The fourth-order valence-corrected chi connectivity index (χ4v) is 7.46. The summed E-state index contributed by atoms with van der Waals surface area (Å²) in [7, 11) is 0. The Morgan fingerprint density at radius 1 is 0.643 bits per heavy atom. The number of guanidine groups is 2. The van der Waals surface area contributed by atoms with Gasteiger partial charge in [0.15, 0.2) is 11.9 Å². The molecule has 0 unspecified atom stereocenters. The molecule has 7 atom stereocenters. The summed E-state index contributed by atoms with van der Waals surface area (Å²) in [4.78, 5) is 150. The van der Waals surface area contributed by atoms with Crippen LogP contribution in [0.1, 0.15) is 90.9 Å². The van der Waals surface area contributed by atoms with Crippen LogP contribution in [0.2, 0.25) is 0 Å². The maximum absolute atomic E-state index is 13.9. The minimum atomic E-state index is -1.81. The Morgan fingerprint density at radius 2 is 1.19 bits per heavy atom. The van der Waals surface area contributed by atoms with Crippen molar-refractivity contribution in [1.82, 2.24) is 47.4 Å². The number of amides is 9. The average Bonchev–Trinajstić information content (AvgIpc) is 4.01. The molecule has 29 nitrogen and oxygen atoms in total. The van der Waals surface area contributed by atoms with Gasteiger partial charge in [-0.2, -0.15) is 0 Å². The molecule has 0 aromatic heterocycles. The number of primary amides is 1. The van der Waals surface area contributed by atoms with Crippen LogP contribution in [-0.4, -0.2) is 174 Å². The number of hydrogen-bond acceptors (Lipinski definition) is 14. The summed E-state index contributed by atoms with van der Waals surface area (Å²) < 4.78 is 0. The summed E-state index contributed by atoms with van der Waals surface area (Å²) in [5.74, 6) is -10.8. The van der Waals surface area contributed by atoms with E-state index < -0.39 is 127 Å². The minimum absolute atomic E-state index is 0.0155. The maximum Gasteiger partial charge on any atom is 0.326 e. The van der Waals surface area contributed by atoms with Crippen molar-refractivity contribution in [2.75, 3.05) is 39.3 Å². The third-order valence-electron chi connectivity index (χ3n) is 10.9. The van der Waals surface area contributed by atoms with Crippen LogP contribution in [0.15, 0.2) is 9.98 Å². The molecule has 2 aliphatic rings. The highest BCUT2D eigenvalue weighted by Gasteiger charge is 2.40. The van der Waals surface area contributed by atoms with E-state index in [4.69, 9.17) is 28.7 Å². The Bertz CT molecular complexity index is 1940. The van der Waals surface area contributed by atoms with Gasteiger partial charge in [-0.3, -0.25) is 57.9 Å². The Balaban J connectivity index is 2.11. The highest BCUT2D eigenvalue weighted by Crippen LogP contribution is 2.21. The van der Waals surface area contributed by atoms with E-state index in [0.29, 0.717) is 25.8 Å². The van der Waals surface area contributed by atoms with Crippen molar-refractivity contribution in [3.05, 3.63) is 0 Å². The average molecular weight is 995 g/mol. The van der Waals surface area contributed by atoms with Crippen molar-refractivity contribution in [2.45, 2.75) is 133 Å². The van der Waals surface area contributed by atoms with Crippen molar-refractivity contribution in [1.29, 1.82) is 0 Å². The highest BCUT2D eigenvalue weighted by atomic mass is 16.4. The van der Waals surface area contributed by atoms with E-state index in [-0.39, 0.29) is 81.9 Å². The molecule has 29 heteroatoms. The van der Waals surface area contributed by atoms with Gasteiger partial charge in [0.1, 0.15) is 36.3 Å². The molecule has 0 bridgehead atoms. The van der Waals surface area contributed by atoms with Gasteiger partial charge in [0.05, 0.1) is 25.6 Å². The van der Waals surface area contributed by atoms with E-state index >= 15 is 0 Å². The van der Waals surface area contributed by atoms with Gasteiger partial charge in [-0.05, 0) is 76.7 Å². The molecule has 0 aliphatic carbocycles. The van der Waals surface area contributed by atoms with Gasteiger partial charge in [0.2, 0.25) is 53.2 Å². The van der Waals surface area contributed by atoms with Crippen LogP contribution in [0.3, 0.4) is 0 Å². The number of aliphatic carboxylic acids is 2. The Labute approximate surface area is 403 Å². The third kappa shape index (κ3) is 22.2. The summed E-state index contributed by atoms with van der Waals surface area (Å²) in [5, 5.41) is 38.8. The van der Waals surface area contributed by atoms with E-state index in [1.807, 2.05) is 13.8 Å². The normalized spacial score (nSPS) is 17.3. The molecule has 9 amide bonds. The molecule has 0 radical (unpaired) electrons. The molecule has 2 aliphatic heterocycles. The second kappa shape index (κ2) is 30.2. The maximum atomic E-state index is 13.9. The zero-order valence-electron chi connectivity index (χ0n) is 39.5. The van der Waals surface area contributed by atoms with Crippen LogP contribution in [0.4, 0.5) is 0 Å². The third-order valence-corrected chi connectivity index (χ3v) is 10.9. The van der Waals surface area contributed by atoms with E-state index in [0.717, 1.165) is 6.42 Å². The largest absolute Gasteiger partial charge is 0.481 e. The number of nitrogens with one attached hydrogen (secondary N) is 8. The predicted molar refractivity (Wildman–Crippen MR) is 249 cm³/mol. The fraction of sp³-hybridized carbons (Fsp3) is 0.683. The van der Waals surface area contributed by atoms with E-state index in [1.165, 1.54) is 4.90 Å². The lowest BCUT2D eigenvalue weighted by molar-refractivity contribution is -0.142. The van der Waals surface area contributed by atoms with Gasteiger partial charge < -0.3 is 86.3 Å². The Morgan fingerprint density at radius 3 is 1.70 bits per heavy atom. The number of carbonyl (C=O) groups is 11. The number of carboxylic acid groups (broad SMARTS) is 2. The van der Waals surface area contributed by atoms with Gasteiger partial charge in [-0.25, -0.2) is 4.79 Å². The topological polar surface area (TPSA) is 483 Å². The SMILES string of the molecule is CC(C)C[C@H](NC(=O)[C@@H]1CCCN1)C(=O)N1CCC[C@H]1C(=O)N[C@@H](CCCN=C(N)N)C(=O)NCC(=O)N[C@@H](CC(=O)O)C(=O)NCC(=O)N[C@@H](CCC(N)=O)C(=O)N[C@@H](CCCN=C(N)N)C(=O)O. The zero-order valence-corrected chi connectivity index (χ0v) is 39.5. The second-order valence-corrected chi connectivity index (χ2v) is 17.2. The highest BCUT2D eigenvalue weighted by molar-refractivity contribution is 5.98. The van der Waals surface area contributed by atoms with Crippen molar-refractivity contribution in [3.8, 4) is 0 Å². The molecule has 392 valence electrons. The lowest BCUT2D eigenvalue weighted by Gasteiger charge is -2.31. The standard InChI is InChI=1S/C41H70N16O13/c1-21(2)17-27(56-35(65)22-7-3-13-47-22)38(68)57-16-6-10-28(57)37(67)54-23(8-4-14-48-40(43)44)33(63)50-20-31(60)53-26(18-32(61)62)34(64)51-19-30(59)52-24(11-12-29(42)58)36(66)55-25(39(69)70)9-5-15-49-41(45)46/h21-28,47H,3-20H2,1-2H3,(H2,42,58)(H,50,63)(H,51,64)(H,52,59)(H,53,60)(H,54,67)(H,55,66)(H,56,65)(H,61,62)(H,69,70)(H4,43,44,48)(H4,45,46,49)/t22-,23-,24-,25-,26-,27-,28-/m0/s1. The molecule has 2 rings (SSSR count). The molecular formula is C41H70N16O13. The van der Waals surface area contributed by atoms with Crippen LogP contribution >= 0.6 is 0 Å². The van der Waals surface area contributed by atoms with E-state index in [1.54, 1.807) is 0 Å². The van der Waals surface area contributed by atoms with Gasteiger partial charge in [0, 0.05) is 26.1 Å². The molecule has 70 heavy (non-hydrogen) atoms. The quantitative estimate of drug-likeness (QED) is 0.0174. The molecule has 20 N–H and O–H groups in total. The fourth-order valence-electron chi connectivity index (χ4n) is 7.46. The van der Waals surface area contributed by atoms with Gasteiger partial charge in [-0.15, -0.1) is 0 Å². The first-order chi connectivity index (χ1) is 33.0. The van der Waals surface area contributed by atoms with Gasteiger partial charge in [-0.1, -0.05) is 13.8 Å². The lowest BCUT2D eigenvalue weighted by Crippen LogP contribution is -2.58. The molecular weight excluding hydrogens is 925 g/mol. The number of nitrogens with zero attached hydrogens (tertiary/aromatic N) is 3. The van der Waals surface area contributed by atoms with Crippen molar-refractivity contribution >= 4 is 77.0 Å². The molecule has 2 fully saturated rings. The molecule has 0 saturated carbocycles. The van der Waals surface area contributed by atoms with Crippen molar-refractivity contribution in [3.63, 3.8) is 0 Å². The number of carbonyl (C=O) groups excluding carboxylic acids is 9. The van der Waals surface area contributed by atoms with Crippen LogP contribution < -0.4 is 71.2 Å². The first-order valence-corrected chi connectivity index (χ1v) is 22.9. The smallest absolute Gasteiger partial charge is 0.326 e. The monoisotopic (exact) mass is 995 g/mol.